The lowest BCUT2D eigenvalue weighted by atomic mass is 10.1. The molecule has 5 nitrogen and oxygen atoms in total. The lowest BCUT2D eigenvalue weighted by Crippen LogP contribution is -2.32. The molecular formula is C12H11NO4. The van der Waals surface area contributed by atoms with Gasteiger partial charge in [0.1, 0.15) is 0 Å². The molecule has 0 bridgehead atoms. The Balaban J connectivity index is 2.22. The number of imide groups is 1. The molecule has 1 aromatic carbocycles. The van der Waals surface area contributed by atoms with Crippen LogP contribution < -0.4 is 0 Å². The zero-order valence-electron chi connectivity index (χ0n) is 9.30. The summed E-state index contributed by atoms with van der Waals surface area (Å²) in [6.45, 7) is 1.81. The molecule has 1 aliphatic rings. The van der Waals surface area contributed by atoms with Crippen molar-refractivity contribution in [1.29, 1.82) is 0 Å². The van der Waals surface area contributed by atoms with Gasteiger partial charge in [-0.1, -0.05) is 24.1 Å². The first-order chi connectivity index (χ1) is 8.15. The Bertz CT molecular complexity index is 460. The zero-order chi connectivity index (χ0) is 12.4. The van der Waals surface area contributed by atoms with Crippen molar-refractivity contribution in [2.75, 3.05) is 0 Å². The Labute approximate surface area is 97.9 Å². The van der Waals surface area contributed by atoms with Crippen LogP contribution in [0.4, 0.5) is 0 Å². The molecule has 0 spiro atoms. The van der Waals surface area contributed by atoms with Gasteiger partial charge in [-0.15, -0.1) is 0 Å². The predicted molar refractivity (Wildman–Crippen MR) is 57.9 cm³/mol. The van der Waals surface area contributed by atoms with Crippen molar-refractivity contribution in [3.8, 4) is 0 Å². The highest BCUT2D eigenvalue weighted by Crippen LogP contribution is 2.22. The standard InChI is InChI=1S/C12H11NO4/c1-2-5-10(14)17-13-11(15)8-6-3-4-7-9(8)12(13)16/h3-4,6-7H,2,5H2,1H3. The van der Waals surface area contributed by atoms with Gasteiger partial charge in [0.2, 0.25) is 0 Å². The molecule has 0 fully saturated rings. The van der Waals surface area contributed by atoms with Gasteiger partial charge in [0, 0.05) is 6.42 Å². The van der Waals surface area contributed by atoms with Crippen molar-refractivity contribution in [3.05, 3.63) is 35.4 Å². The Morgan fingerprint density at radius 1 is 1.18 bits per heavy atom. The maximum atomic E-state index is 11.8. The molecule has 1 aliphatic heterocycles. The van der Waals surface area contributed by atoms with Gasteiger partial charge in [-0.3, -0.25) is 9.59 Å². The molecule has 2 amide bonds. The van der Waals surface area contributed by atoms with Crippen LogP contribution in [0.1, 0.15) is 40.5 Å². The minimum absolute atomic E-state index is 0.174. The predicted octanol–water partition coefficient (Wildman–Crippen LogP) is 1.54. The van der Waals surface area contributed by atoms with Crippen LogP contribution in [0, 0.1) is 0 Å². The SMILES string of the molecule is CCCC(=O)ON1C(=O)c2ccccc2C1=O. The van der Waals surface area contributed by atoms with Crippen molar-refractivity contribution in [3.63, 3.8) is 0 Å². The number of rotatable bonds is 3. The first kappa shape index (κ1) is 11.3. The molecule has 2 rings (SSSR count). The van der Waals surface area contributed by atoms with E-state index in [0.29, 0.717) is 11.5 Å². The average Bonchev–Trinajstić information content (AvgIpc) is 2.56. The van der Waals surface area contributed by atoms with E-state index in [4.69, 9.17) is 4.84 Å². The Kier molecular flexibility index (Phi) is 2.91. The lowest BCUT2D eigenvalue weighted by Gasteiger charge is -2.11. The summed E-state index contributed by atoms with van der Waals surface area (Å²) in [6, 6.07) is 6.37. The minimum Gasteiger partial charge on any atom is -0.330 e. The molecule has 0 atom stereocenters. The third kappa shape index (κ3) is 1.91. The number of hydrogen-bond acceptors (Lipinski definition) is 4. The van der Waals surface area contributed by atoms with E-state index < -0.39 is 17.8 Å². The maximum absolute atomic E-state index is 11.8. The topological polar surface area (TPSA) is 63.7 Å². The number of carbonyl (C=O) groups is 3. The number of carbonyl (C=O) groups excluding carboxylic acids is 3. The van der Waals surface area contributed by atoms with Crippen molar-refractivity contribution >= 4 is 17.8 Å². The van der Waals surface area contributed by atoms with Gasteiger partial charge in [-0.2, -0.15) is 0 Å². The summed E-state index contributed by atoms with van der Waals surface area (Å²) >= 11 is 0. The van der Waals surface area contributed by atoms with Crippen LogP contribution in [0.3, 0.4) is 0 Å². The molecule has 17 heavy (non-hydrogen) atoms. The second-order valence-electron chi connectivity index (χ2n) is 3.66. The van der Waals surface area contributed by atoms with Gasteiger partial charge in [0.25, 0.3) is 11.8 Å². The number of hydrogen-bond donors (Lipinski definition) is 0. The molecule has 0 aliphatic carbocycles. The van der Waals surface area contributed by atoms with E-state index in [1.807, 2.05) is 6.92 Å². The first-order valence-electron chi connectivity index (χ1n) is 5.33. The third-order valence-corrected chi connectivity index (χ3v) is 2.40. The normalized spacial score (nSPS) is 13.8. The summed E-state index contributed by atoms with van der Waals surface area (Å²) < 4.78 is 0. The third-order valence-electron chi connectivity index (χ3n) is 2.40. The summed E-state index contributed by atoms with van der Waals surface area (Å²) in [5.41, 5.74) is 0.531. The minimum atomic E-state index is -0.588. The fourth-order valence-corrected chi connectivity index (χ4v) is 1.60. The summed E-state index contributed by atoms with van der Waals surface area (Å²) in [6.07, 6.45) is 0.773. The van der Waals surface area contributed by atoms with Crippen LogP contribution in [0.2, 0.25) is 0 Å². The Hall–Kier alpha value is -2.17. The number of nitrogens with zero attached hydrogens (tertiary/aromatic N) is 1. The summed E-state index contributed by atoms with van der Waals surface area (Å²) in [7, 11) is 0. The molecule has 0 saturated carbocycles. The van der Waals surface area contributed by atoms with Crippen LogP contribution in [0.5, 0.6) is 0 Å². The number of benzene rings is 1. The number of amides is 2. The number of fused-ring (bicyclic) bond motifs is 1. The molecule has 0 N–H and O–H groups in total. The fraction of sp³-hybridized carbons (Fsp3) is 0.250. The Morgan fingerprint density at radius 3 is 2.18 bits per heavy atom. The Morgan fingerprint density at radius 2 is 1.71 bits per heavy atom. The van der Waals surface area contributed by atoms with Gasteiger partial charge in [-0.25, -0.2) is 4.79 Å². The molecule has 0 saturated heterocycles. The highest BCUT2D eigenvalue weighted by molar-refractivity contribution is 6.20. The van der Waals surface area contributed by atoms with Crippen LogP contribution in [-0.2, 0) is 9.63 Å². The largest absolute Gasteiger partial charge is 0.333 e. The molecule has 0 aromatic heterocycles. The van der Waals surface area contributed by atoms with E-state index in [1.165, 1.54) is 12.1 Å². The van der Waals surface area contributed by atoms with E-state index in [1.54, 1.807) is 12.1 Å². The van der Waals surface area contributed by atoms with Gasteiger partial charge in [0.05, 0.1) is 11.1 Å². The second kappa shape index (κ2) is 4.37. The molecular weight excluding hydrogens is 222 g/mol. The van der Waals surface area contributed by atoms with Crippen molar-refractivity contribution in [1.82, 2.24) is 5.06 Å². The number of hydroxylamine groups is 2. The van der Waals surface area contributed by atoms with Crippen molar-refractivity contribution in [2.24, 2.45) is 0 Å². The quantitative estimate of drug-likeness (QED) is 0.743. The van der Waals surface area contributed by atoms with Crippen LogP contribution in [0.15, 0.2) is 24.3 Å². The molecule has 1 aromatic rings. The molecule has 88 valence electrons. The maximum Gasteiger partial charge on any atom is 0.333 e. The van der Waals surface area contributed by atoms with E-state index in [2.05, 4.69) is 0 Å². The molecule has 5 heteroatoms. The van der Waals surface area contributed by atoms with Crippen LogP contribution in [0.25, 0.3) is 0 Å². The smallest absolute Gasteiger partial charge is 0.330 e. The highest BCUT2D eigenvalue weighted by atomic mass is 16.7. The van der Waals surface area contributed by atoms with Gasteiger partial charge in [-0.05, 0) is 18.6 Å². The highest BCUT2D eigenvalue weighted by Gasteiger charge is 2.38. The van der Waals surface area contributed by atoms with E-state index in [9.17, 15) is 14.4 Å². The fourth-order valence-electron chi connectivity index (χ4n) is 1.60. The molecule has 0 radical (unpaired) electrons. The van der Waals surface area contributed by atoms with Gasteiger partial charge in [0.15, 0.2) is 0 Å². The first-order valence-corrected chi connectivity index (χ1v) is 5.33. The summed E-state index contributed by atoms with van der Waals surface area (Å²) in [4.78, 5) is 39.6. The van der Waals surface area contributed by atoms with Gasteiger partial charge < -0.3 is 4.84 Å². The van der Waals surface area contributed by atoms with E-state index >= 15 is 0 Å². The molecule has 0 unspecified atom stereocenters. The van der Waals surface area contributed by atoms with Crippen LogP contribution >= 0.6 is 0 Å². The van der Waals surface area contributed by atoms with Crippen molar-refractivity contribution in [2.45, 2.75) is 19.8 Å². The van der Waals surface area contributed by atoms with E-state index in [-0.39, 0.29) is 17.5 Å². The summed E-state index contributed by atoms with van der Waals surface area (Å²) in [5, 5.41) is 0.530. The average molecular weight is 233 g/mol. The van der Waals surface area contributed by atoms with Gasteiger partial charge >= 0.3 is 5.97 Å². The van der Waals surface area contributed by atoms with E-state index in [0.717, 1.165) is 0 Å². The molecule has 1 heterocycles. The van der Waals surface area contributed by atoms with Crippen molar-refractivity contribution < 1.29 is 19.2 Å². The monoisotopic (exact) mass is 233 g/mol. The zero-order valence-corrected chi connectivity index (χ0v) is 9.30. The summed E-state index contributed by atoms with van der Waals surface area (Å²) in [5.74, 6) is -1.76. The van der Waals surface area contributed by atoms with Crippen LogP contribution in [-0.4, -0.2) is 22.8 Å². The second-order valence-corrected chi connectivity index (χ2v) is 3.66. The lowest BCUT2D eigenvalue weighted by molar-refractivity contribution is -0.168.